The Morgan fingerprint density at radius 3 is 2.77 bits per heavy atom. The van der Waals surface area contributed by atoms with Gasteiger partial charge in [-0.1, -0.05) is 17.7 Å². The minimum absolute atomic E-state index is 0.0580. The minimum Gasteiger partial charge on any atom is -0.360 e. The molecule has 0 saturated carbocycles. The van der Waals surface area contributed by atoms with E-state index in [0.29, 0.717) is 12.4 Å². The van der Waals surface area contributed by atoms with E-state index in [9.17, 15) is 4.39 Å². The Balaban J connectivity index is 1.35. The largest absolute Gasteiger partial charge is 0.360 e. The molecule has 0 unspecified atom stereocenters. The Bertz CT molecular complexity index is 1560. The van der Waals surface area contributed by atoms with Gasteiger partial charge in [-0.25, -0.2) is 14.4 Å². The number of hydrogen-bond acceptors (Lipinski definition) is 7. The van der Waals surface area contributed by atoms with E-state index >= 15 is 0 Å². The van der Waals surface area contributed by atoms with Crippen molar-refractivity contribution < 1.29 is 4.39 Å². The Labute approximate surface area is 205 Å². The van der Waals surface area contributed by atoms with Crippen LogP contribution in [0.25, 0.3) is 16.9 Å². The van der Waals surface area contributed by atoms with E-state index < -0.39 is 5.82 Å². The lowest BCUT2D eigenvalue weighted by Crippen LogP contribution is -2.33. The molecule has 1 aliphatic rings. The van der Waals surface area contributed by atoms with Crippen molar-refractivity contribution in [3.05, 3.63) is 77.1 Å². The Morgan fingerprint density at radius 1 is 1.09 bits per heavy atom. The quantitative estimate of drug-likeness (QED) is 0.395. The summed E-state index contributed by atoms with van der Waals surface area (Å²) in [5.41, 5.74) is 3.27. The number of benzene rings is 1. The second kappa shape index (κ2) is 8.31. The highest BCUT2D eigenvalue weighted by Crippen LogP contribution is 2.34. The first kappa shape index (κ1) is 21.5. The number of aromatic nitrogens is 7. The van der Waals surface area contributed by atoms with Gasteiger partial charge < -0.3 is 10.2 Å². The molecule has 11 heteroatoms. The van der Waals surface area contributed by atoms with Gasteiger partial charge in [0.2, 0.25) is 5.95 Å². The third kappa shape index (κ3) is 3.85. The summed E-state index contributed by atoms with van der Waals surface area (Å²) in [6.45, 7) is 0.721. The van der Waals surface area contributed by atoms with Gasteiger partial charge in [-0.05, 0) is 42.3 Å². The van der Waals surface area contributed by atoms with Crippen molar-refractivity contribution in [2.45, 2.75) is 12.3 Å². The summed E-state index contributed by atoms with van der Waals surface area (Å²) >= 11 is 5.85. The fourth-order valence-electron chi connectivity index (χ4n) is 4.52. The maximum absolute atomic E-state index is 14.0. The SMILES string of the molecule is CN1C[C@@H](Cc2ccc(Cl)c(F)c2)c2nnc3cc(-c4ccnc(Nc5ccnn5C)n4)cc1n23. The molecular formula is C24H21ClFN9. The summed E-state index contributed by atoms with van der Waals surface area (Å²) in [6.07, 6.45) is 4.06. The fourth-order valence-corrected chi connectivity index (χ4v) is 4.64. The lowest BCUT2D eigenvalue weighted by Gasteiger charge is -2.31. The van der Waals surface area contributed by atoms with E-state index in [1.165, 1.54) is 6.07 Å². The van der Waals surface area contributed by atoms with E-state index in [1.54, 1.807) is 23.1 Å². The molecule has 0 amide bonds. The van der Waals surface area contributed by atoms with E-state index in [1.807, 2.05) is 38.4 Å². The summed E-state index contributed by atoms with van der Waals surface area (Å²) in [7, 11) is 3.88. The van der Waals surface area contributed by atoms with Crippen LogP contribution in [-0.2, 0) is 13.5 Å². The molecule has 0 spiro atoms. The predicted molar refractivity (Wildman–Crippen MR) is 132 cm³/mol. The predicted octanol–water partition coefficient (Wildman–Crippen LogP) is 4.23. The summed E-state index contributed by atoms with van der Waals surface area (Å²) in [6, 6.07) is 12.7. The van der Waals surface area contributed by atoms with Gasteiger partial charge in [-0.3, -0.25) is 9.08 Å². The second-order valence-corrected chi connectivity index (χ2v) is 9.02. The average Bonchev–Trinajstić information content (AvgIpc) is 3.46. The molecule has 0 bridgehead atoms. The van der Waals surface area contributed by atoms with Crippen LogP contribution in [0.5, 0.6) is 0 Å². The van der Waals surface area contributed by atoms with E-state index in [0.717, 1.165) is 46.5 Å². The first-order valence-electron chi connectivity index (χ1n) is 11.1. The van der Waals surface area contributed by atoms with E-state index in [2.05, 4.69) is 41.0 Å². The summed E-state index contributed by atoms with van der Waals surface area (Å²) < 4.78 is 17.8. The Morgan fingerprint density at radius 2 is 1.97 bits per heavy atom. The van der Waals surface area contributed by atoms with Crippen LogP contribution >= 0.6 is 11.6 Å². The molecule has 5 heterocycles. The number of aryl methyl sites for hydroxylation is 1. The van der Waals surface area contributed by atoms with Crippen molar-refractivity contribution in [1.82, 2.24) is 34.3 Å². The lowest BCUT2D eigenvalue weighted by atomic mass is 9.96. The molecule has 1 atom stereocenters. The van der Waals surface area contributed by atoms with Crippen molar-refractivity contribution in [2.24, 2.45) is 7.05 Å². The highest BCUT2D eigenvalue weighted by molar-refractivity contribution is 6.30. The van der Waals surface area contributed by atoms with Gasteiger partial charge in [-0.2, -0.15) is 5.10 Å². The first-order valence-corrected chi connectivity index (χ1v) is 11.5. The zero-order valence-corrected chi connectivity index (χ0v) is 19.8. The third-order valence-electron chi connectivity index (χ3n) is 6.24. The van der Waals surface area contributed by atoms with Crippen molar-refractivity contribution in [1.29, 1.82) is 0 Å². The number of likely N-dealkylation sites (N-methyl/N-ethyl adjacent to an activating group) is 1. The van der Waals surface area contributed by atoms with Gasteiger partial charge in [0, 0.05) is 44.4 Å². The van der Waals surface area contributed by atoms with E-state index in [4.69, 9.17) is 16.6 Å². The third-order valence-corrected chi connectivity index (χ3v) is 6.55. The Hall–Kier alpha value is -4.05. The smallest absolute Gasteiger partial charge is 0.228 e. The molecule has 0 radical (unpaired) electrons. The van der Waals surface area contributed by atoms with Crippen LogP contribution in [0.15, 0.2) is 54.9 Å². The zero-order valence-electron chi connectivity index (χ0n) is 19.0. The molecule has 0 fully saturated rings. The number of anilines is 3. The molecule has 9 nitrogen and oxygen atoms in total. The molecule has 0 saturated heterocycles. The fraction of sp³-hybridized carbons (Fsp3) is 0.208. The van der Waals surface area contributed by atoms with Gasteiger partial charge in [-0.15, -0.1) is 10.2 Å². The van der Waals surface area contributed by atoms with Gasteiger partial charge in [0.05, 0.1) is 16.9 Å². The maximum atomic E-state index is 14.0. The van der Waals surface area contributed by atoms with Crippen LogP contribution < -0.4 is 10.2 Å². The number of halogens is 2. The van der Waals surface area contributed by atoms with Crippen LogP contribution in [0.3, 0.4) is 0 Å². The normalized spacial score (nSPS) is 15.1. The molecule has 1 N–H and O–H groups in total. The first-order chi connectivity index (χ1) is 17.0. The number of nitrogens with zero attached hydrogens (tertiary/aromatic N) is 8. The van der Waals surface area contributed by atoms with Gasteiger partial charge >= 0.3 is 0 Å². The lowest BCUT2D eigenvalue weighted by molar-refractivity contribution is 0.583. The zero-order chi connectivity index (χ0) is 24.1. The topological polar surface area (TPSA) is 89.1 Å². The van der Waals surface area contributed by atoms with E-state index in [-0.39, 0.29) is 10.9 Å². The summed E-state index contributed by atoms with van der Waals surface area (Å²) in [5, 5.41) is 16.4. The van der Waals surface area contributed by atoms with Crippen LogP contribution in [0, 0.1) is 5.82 Å². The van der Waals surface area contributed by atoms with Crippen molar-refractivity contribution in [3.63, 3.8) is 0 Å². The number of pyridine rings is 1. The van der Waals surface area contributed by atoms with Crippen molar-refractivity contribution in [2.75, 3.05) is 23.8 Å². The van der Waals surface area contributed by atoms with Crippen molar-refractivity contribution in [3.8, 4) is 11.3 Å². The Kier molecular flexibility index (Phi) is 5.10. The van der Waals surface area contributed by atoms with Crippen LogP contribution in [0.2, 0.25) is 5.02 Å². The highest BCUT2D eigenvalue weighted by Gasteiger charge is 2.29. The second-order valence-electron chi connectivity index (χ2n) is 8.61. The molecular weight excluding hydrogens is 469 g/mol. The highest BCUT2D eigenvalue weighted by atomic mass is 35.5. The summed E-state index contributed by atoms with van der Waals surface area (Å²) in [5.74, 6) is 2.74. The standard InChI is InChI=1S/C24H21ClFN9/c1-33-13-16(9-14-3-4-17(25)18(26)10-14)23-32-31-21-11-15(12-22(33)35(21)23)19-5-7-27-24(29-19)30-20-6-8-28-34(20)2/h3-8,10-12,16H,9,13H2,1-2H3,(H,27,29,30)/t16-/m1/s1. The molecule has 1 aromatic carbocycles. The molecule has 35 heavy (non-hydrogen) atoms. The van der Waals surface area contributed by atoms with Gasteiger partial charge in [0.15, 0.2) is 5.65 Å². The van der Waals surface area contributed by atoms with Crippen LogP contribution in [0.1, 0.15) is 17.3 Å². The minimum atomic E-state index is -0.410. The molecule has 1 aliphatic heterocycles. The van der Waals surface area contributed by atoms with Gasteiger partial charge in [0.1, 0.15) is 23.3 Å². The molecule has 4 aromatic heterocycles. The molecule has 5 aromatic rings. The monoisotopic (exact) mass is 489 g/mol. The van der Waals surface area contributed by atoms with Crippen molar-refractivity contribution >= 4 is 34.8 Å². The van der Waals surface area contributed by atoms with Gasteiger partial charge in [0.25, 0.3) is 0 Å². The molecule has 176 valence electrons. The van der Waals surface area contributed by atoms with Crippen LogP contribution in [-0.4, -0.2) is 47.9 Å². The maximum Gasteiger partial charge on any atom is 0.228 e. The number of rotatable bonds is 5. The number of nitrogens with one attached hydrogen (secondary N) is 1. The van der Waals surface area contributed by atoms with Crippen LogP contribution in [0.4, 0.5) is 22.0 Å². The molecule has 0 aliphatic carbocycles. The summed E-state index contributed by atoms with van der Waals surface area (Å²) in [4.78, 5) is 11.2. The molecule has 6 rings (SSSR count). The average molecular weight is 490 g/mol. The number of hydrogen-bond donors (Lipinski definition) is 1.